The number of piperidine rings is 1. The van der Waals surface area contributed by atoms with E-state index in [0.717, 1.165) is 58.3 Å². The average molecular weight is 389 g/mol. The van der Waals surface area contributed by atoms with Gasteiger partial charge >= 0.3 is 0 Å². The van der Waals surface area contributed by atoms with Crippen molar-refractivity contribution in [2.45, 2.75) is 38.5 Å². The Kier molecular flexibility index (Phi) is 7.14. The predicted octanol–water partition coefficient (Wildman–Crippen LogP) is 2.66. The van der Waals surface area contributed by atoms with Crippen LogP contribution in [0.4, 0.5) is 5.69 Å². The summed E-state index contributed by atoms with van der Waals surface area (Å²) >= 11 is 0. The molecule has 2 N–H and O–H groups in total. The number of hydrogen-bond acceptors (Lipinski definition) is 5. The lowest BCUT2D eigenvalue weighted by Crippen LogP contribution is -2.36. The van der Waals surface area contributed by atoms with Crippen LogP contribution in [0.1, 0.15) is 48.9 Å². The zero-order chi connectivity index (χ0) is 19.9. The normalized spacial score (nSPS) is 19.4. The van der Waals surface area contributed by atoms with Gasteiger partial charge in [0.15, 0.2) is 11.5 Å². The SMILES string of the molecule is COc1cc(NC(=O)CCC2CCNC2)c(C(=O)N2CCCCC2)cc1OC. The summed E-state index contributed by atoms with van der Waals surface area (Å²) in [6.07, 6.45) is 5.57. The number of methoxy groups -OCH3 is 2. The molecule has 154 valence electrons. The number of amides is 2. The second-order valence-corrected chi connectivity index (χ2v) is 7.55. The highest BCUT2D eigenvalue weighted by atomic mass is 16.5. The van der Waals surface area contributed by atoms with Crippen LogP contribution in [0.3, 0.4) is 0 Å². The summed E-state index contributed by atoms with van der Waals surface area (Å²) in [5, 5.41) is 6.26. The monoisotopic (exact) mass is 389 g/mol. The fraction of sp³-hybridized carbons (Fsp3) is 0.619. The minimum atomic E-state index is -0.0770. The van der Waals surface area contributed by atoms with Gasteiger partial charge in [-0.05, 0) is 57.2 Å². The van der Waals surface area contributed by atoms with Gasteiger partial charge in [-0.25, -0.2) is 0 Å². The number of carbonyl (C=O) groups is 2. The maximum atomic E-state index is 13.1. The highest BCUT2D eigenvalue weighted by molar-refractivity contribution is 6.04. The first-order chi connectivity index (χ1) is 13.6. The average Bonchev–Trinajstić information content (AvgIpc) is 3.25. The Balaban J connectivity index is 1.78. The lowest BCUT2D eigenvalue weighted by atomic mass is 10.0. The zero-order valence-electron chi connectivity index (χ0n) is 16.9. The fourth-order valence-corrected chi connectivity index (χ4v) is 3.94. The summed E-state index contributed by atoms with van der Waals surface area (Å²) in [5.74, 6) is 1.37. The third-order valence-corrected chi connectivity index (χ3v) is 5.61. The molecule has 1 unspecified atom stereocenters. The maximum absolute atomic E-state index is 13.1. The quantitative estimate of drug-likeness (QED) is 0.749. The Hall–Kier alpha value is -2.28. The Morgan fingerprint density at radius 2 is 1.86 bits per heavy atom. The number of likely N-dealkylation sites (tertiary alicyclic amines) is 1. The highest BCUT2D eigenvalue weighted by Gasteiger charge is 2.24. The molecule has 0 spiro atoms. The summed E-state index contributed by atoms with van der Waals surface area (Å²) in [5.41, 5.74) is 0.943. The number of benzene rings is 1. The molecule has 28 heavy (non-hydrogen) atoms. The number of hydrogen-bond donors (Lipinski definition) is 2. The lowest BCUT2D eigenvalue weighted by Gasteiger charge is -2.28. The van der Waals surface area contributed by atoms with Crippen LogP contribution in [0, 0.1) is 5.92 Å². The standard InChI is InChI=1S/C21H31N3O4/c1-27-18-12-16(21(26)24-10-4-3-5-11-24)17(13-19(18)28-2)23-20(25)7-6-15-8-9-22-14-15/h12-13,15,22H,3-11,14H2,1-2H3,(H,23,25). The first-order valence-corrected chi connectivity index (χ1v) is 10.2. The van der Waals surface area contributed by atoms with Crippen molar-refractivity contribution in [2.75, 3.05) is 45.7 Å². The van der Waals surface area contributed by atoms with E-state index in [1.807, 2.05) is 4.90 Å². The summed E-state index contributed by atoms with van der Waals surface area (Å²) in [6.45, 7) is 3.49. The van der Waals surface area contributed by atoms with Crippen molar-refractivity contribution >= 4 is 17.5 Å². The molecule has 0 aromatic heterocycles. The molecule has 0 saturated carbocycles. The molecule has 3 rings (SSSR count). The largest absolute Gasteiger partial charge is 0.493 e. The van der Waals surface area contributed by atoms with E-state index in [9.17, 15) is 9.59 Å². The van der Waals surface area contributed by atoms with E-state index in [-0.39, 0.29) is 11.8 Å². The summed E-state index contributed by atoms with van der Waals surface area (Å²) in [7, 11) is 3.09. The molecule has 2 aliphatic heterocycles. The Bertz CT molecular complexity index is 695. The van der Waals surface area contributed by atoms with Gasteiger partial charge in [-0.15, -0.1) is 0 Å². The topological polar surface area (TPSA) is 79.9 Å². The van der Waals surface area contributed by atoms with Gasteiger partial charge in [-0.3, -0.25) is 9.59 Å². The van der Waals surface area contributed by atoms with Crippen molar-refractivity contribution in [3.05, 3.63) is 17.7 Å². The van der Waals surface area contributed by atoms with E-state index < -0.39 is 0 Å². The van der Waals surface area contributed by atoms with Gasteiger partial charge in [-0.2, -0.15) is 0 Å². The predicted molar refractivity (Wildman–Crippen MR) is 108 cm³/mol. The smallest absolute Gasteiger partial charge is 0.256 e. The van der Waals surface area contributed by atoms with Crippen molar-refractivity contribution in [1.29, 1.82) is 0 Å². The van der Waals surface area contributed by atoms with Crippen LogP contribution in [0.25, 0.3) is 0 Å². The van der Waals surface area contributed by atoms with Crippen LogP contribution in [0.15, 0.2) is 12.1 Å². The summed E-state index contributed by atoms with van der Waals surface area (Å²) in [6, 6.07) is 3.36. The van der Waals surface area contributed by atoms with E-state index >= 15 is 0 Å². The molecular formula is C21H31N3O4. The number of carbonyl (C=O) groups excluding carboxylic acids is 2. The van der Waals surface area contributed by atoms with Gasteiger partial charge in [-0.1, -0.05) is 0 Å². The van der Waals surface area contributed by atoms with Gasteiger partial charge in [0.1, 0.15) is 0 Å². The molecule has 0 radical (unpaired) electrons. The van der Waals surface area contributed by atoms with Crippen LogP contribution in [0.2, 0.25) is 0 Å². The Labute approximate surface area is 166 Å². The van der Waals surface area contributed by atoms with E-state index in [2.05, 4.69) is 10.6 Å². The molecule has 7 nitrogen and oxygen atoms in total. The fourth-order valence-electron chi connectivity index (χ4n) is 3.94. The Morgan fingerprint density at radius 1 is 1.14 bits per heavy atom. The Morgan fingerprint density at radius 3 is 2.50 bits per heavy atom. The first-order valence-electron chi connectivity index (χ1n) is 10.2. The molecule has 1 aromatic carbocycles. The molecule has 7 heteroatoms. The van der Waals surface area contributed by atoms with Crippen molar-refractivity contribution in [3.8, 4) is 11.5 Å². The number of ether oxygens (including phenoxy) is 2. The van der Waals surface area contributed by atoms with E-state index in [4.69, 9.17) is 9.47 Å². The lowest BCUT2D eigenvalue weighted by molar-refractivity contribution is -0.116. The molecule has 0 aliphatic carbocycles. The second kappa shape index (κ2) is 9.78. The highest BCUT2D eigenvalue weighted by Crippen LogP contribution is 2.34. The van der Waals surface area contributed by atoms with Crippen LogP contribution < -0.4 is 20.1 Å². The van der Waals surface area contributed by atoms with Crippen LogP contribution in [-0.4, -0.2) is 57.1 Å². The minimum absolute atomic E-state index is 0.0732. The molecule has 1 atom stereocenters. The summed E-state index contributed by atoms with van der Waals surface area (Å²) < 4.78 is 10.7. The van der Waals surface area contributed by atoms with Crippen LogP contribution in [-0.2, 0) is 4.79 Å². The zero-order valence-corrected chi connectivity index (χ0v) is 16.9. The minimum Gasteiger partial charge on any atom is -0.493 e. The van der Waals surface area contributed by atoms with Crippen LogP contribution in [0.5, 0.6) is 11.5 Å². The van der Waals surface area contributed by atoms with Crippen LogP contribution >= 0.6 is 0 Å². The van der Waals surface area contributed by atoms with Crippen molar-refractivity contribution in [3.63, 3.8) is 0 Å². The van der Waals surface area contributed by atoms with E-state index in [1.54, 1.807) is 26.4 Å². The van der Waals surface area contributed by atoms with Crippen molar-refractivity contribution in [2.24, 2.45) is 5.92 Å². The third-order valence-electron chi connectivity index (χ3n) is 5.61. The molecule has 2 fully saturated rings. The van der Waals surface area contributed by atoms with Crippen molar-refractivity contribution < 1.29 is 19.1 Å². The van der Waals surface area contributed by atoms with Gasteiger partial charge in [0.25, 0.3) is 5.91 Å². The molecule has 2 heterocycles. The molecule has 0 bridgehead atoms. The van der Waals surface area contributed by atoms with Gasteiger partial charge in [0.05, 0.1) is 25.5 Å². The molecule has 2 saturated heterocycles. The molecular weight excluding hydrogens is 358 g/mol. The molecule has 2 aliphatic rings. The van der Waals surface area contributed by atoms with Gasteiger partial charge in [0.2, 0.25) is 5.91 Å². The van der Waals surface area contributed by atoms with Gasteiger partial charge < -0.3 is 25.0 Å². The third kappa shape index (κ3) is 4.95. The van der Waals surface area contributed by atoms with Crippen molar-refractivity contribution in [1.82, 2.24) is 10.2 Å². The molecule has 2 amide bonds. The summed E-state index contributed by atoms with van der Waals surface area (Å²) in [4.78, 5) is 27.5. The molecule has 1 aromatic rings. The first kappa shape index (κ1) is 20.5. The van der Waals surface area contributed by atoms with Gasteiger partial charge in [0, 0.05) is 25.6 Å². The number of anilines is 1. The van der Waals surface area contributed by atoms with E-state index in [0.29, 0.717) is 35.1 Å². The number of nitrogens with zero attached hydrogens (tertiary/aromatic N) is 1. The second-order valence-electron chi connectivity index (χ2n) is 7.55. The number of rotatable bonds is 7. The number of nitrogens with one attached hydrogen (secondary N) is 2. The van der Waals surface area contributed by atoms with E-state index in [1.165, 1.54) is 0 Å². The maximum Gasteiger partial charge on any atom is 0.256 e.